The van der Waals surface area contributed by atoms with Crippen molar-refractivity contribution in [3.63, 3.8) is 0 Å². The number of benzene rings is 1. The van der Waals surface area contributed by atoms with Crippen molar-refractivity contribution < 1.29 is 23.9 Å². The average molecular weight is 344 g/mol. The van der Waals surface area contributed by atoms with Crippen molar-refractivity contribution in [3.05, 3.63) is 42.1 Å². The van der Waals surface area contributed by atoms with Crippen LogP contribution in [0.2, 0.25) is 0 Å². The molecule has 1 heterocycles. The standard InChI is InChI=1S/C18H20N2O5/c1-11(8-15(21)24-2)16(18(23)25-3)20-17(22)13-9-12-6-4-5-7-14(12)19-10-13/h4-7,9-11,16H,8H2,1-3H3,(H,20,22)/t11-,16-/m0/s1. The van der Waals surface area contributed by atoms with Crippen molar-refractivity contribution >= 4 is 28.7 Å². The normalized spacial score (nSPS) is 12.9. The Kier molecular flexibility index (Phi) is 6.05. The highest BCUT2D eigenvalue weighted by atomic mass is 16.5. The van der Waals surface area contributed by atoms with Gasteiger partial charge in [0, 0.05) is 11.6 Å². The molecule has 0 spiro atoms. The van der Waals surface area contributed by atoms with Crippen LogP contribution in [0, 0.1) is 5.92 Å². The lowest BCUT2D eigenvalue weighted by atomic mass is 9.98. The van der Waals surface area contributed by atoms with Gasteiger partial charge in [-0.3, -0.25) is 14.6 Å². The first-order chi connectivity index (χ1) is 12.0. The Morgan fingerprint density at radius 2 is 1.88 bits per heavy atom. The molecule has 25 heavy (non-hydrogen) atoms. The van der Waals surface area contributed by atoms with E-state index in [-0.39, 0.29) is 6.42 Å². The number of pyridine rings is 1. The number of carbonyl (C=O) groups is 3. The molecule has 0 bridgehead atoms. The predicted molar refractivity (Wildman–Crippen MR) is 90.8 cm³/mol. The molecule has 0 saturated heterocycles. The third-order valence-corrected chi connectivity index (χ3v) is 3.88. The van der Waals surface area contributed by atoms with Gasteiger partial charge in [-0.2, -0.15) is 0 Å². The quantitative estimate of drug-likeness (QED) is 0.802. The number of hydrogen-bond acceptors (Lipinski definition) is 6. The molecular formula is C18H20N2O5. The summed E-state index contributed by atoms with van der Waals surface area (Å²) >= 11 is 0. The van der Waals surface area contributed by atoms with Crippen LogP contribution in [0.4, 0.5) is 0 Å². The van der Waals surface area contributed by atoms with Gasteiger partial charge in [0.05, 0.1) is 31.7 Å². The molecule has 1 aromatic heterocycles. The van der Waals surface area contributed by atoms with E-state index in [4.69, 9.17) is 4.74 Å². The molecule has 0 unspecified atom stereocenters. The molecule has 132 valence electrons. The lowest BCUT2D eigenvalue weighted by Gasteiger charge is -2.22. The molecule has 0 aliphatic heterocycles. The number of amides is 1. The second kappa shape index (κ2) is 8.23. The van der Waals surface area contributed by atoms with Crippen LogP contribution in [-0.2, 0) is 19.1 Å². The number of rotatable bonds is 6. The molecule has 7 heteroatoms. The number of methoxy groups -OCH3 is 2. The first-order valence-corrected chi connectivity index (χ1v) is 7.76. The van der Waals surface area contributed by atoms with Gasteiger partial charge >= 0.3 is 11.9 Å². The first-order valence-electron chi connectivity index (χ1n) is 7.76. The molecule has 1 N–H and O–H groups in total. The molecule has 0 saturated carbocycles. The molecule has 1 amide bonds. The van der Waals surface area contributed by atoms with E-state index < -0.39 is 29.8 Å². The zero-order valence-electron chi connectivity index (χ0n) is 14.3. The van der Waals surface area contributed by atoms with E-state index >= 15 is 0 Å². The smallest absolute Gasteiger partial charge is 0.328 e. The summed E-state index contributed by atoms with van der Waals surface area (Å²) in [6, 6.07) is 8.11. The number of nitrogens with one attached hydrogen (secondary N) is 1. The van der Waals surface area contributed by atoms with Crippen LogP contribution < -0.4 is 5.32 Å². The van der Waals surface area contributed by atoms with Crippen LogP contribution in [-0.4, -0.2) is 43.1 Å². The van der Waals surface area contributed by atoms with Crippen molar-refractivity contribution in [1.29, 1.82) is 0 Å². The molecule has 2 atom stereocenters. The molecule has 0 fully saturated rings. The summed E-state index contributed by atoms with van der Waals surface area (Å²) in [4.78, 5) is 40.2. The van der Waals surface area contributed by atoms with Gasteiger partial charge in [0.2, 0.25) is 0 Å². The van der Waals surface area contributed by atoms with Gasteiger partial charge < -0.3 is 14.8 Å². The van der Waals surface area contributed by atoms with Crippen molar-refractivity contribution in [2.24, 2.45) is 5.92 Å². The van der Waals surface area contributed by atoms with Crippen LogP contribution in [0.5, 0.6) is 0 Å². The molecule has 2 rings (SSSR count). The summed E-state index contributed by atoms with van der Waals surface area (Å²) in [5, 5.41) is 3.43. The third kappa shape index (κ3) is 4.53. The summed E-state index contributed by atoms with van der Waals surface area (Å²) in [5.41, 5.74) is 1.08. The predicted octanol–water partition coefficient (Wildman–Crippen LogP) is 1.71. The van der Waals surface area contributed by atoms with Crippen LogP contribution in [0.3, 0.4) is 0 Å². The van der Waals surface area contributed by atoms with Crippen molar-refractivity contribution in [2.45, 2.75) is 19.4 Å². The summed E-state index contributed by atoms with van der Waals surface area (Å²) in [5.74, 6) is -2.05. The number of aromatic nitrogens is 1. The monoisotopic (exact) mass is 344 g/mol. The number of ether oxygens (including phenoxy) is 2. The van der Waals surface area contributed by atoms with Crippen molar-refractivity contribution in [3.8, 4) is 0 Å². The molecule has 0 radical (unpaired) electrons. The maximum absolute atomic E-state index is 12.5. The highest BCUT2D eigenvalue weighted by Gasteiger charge is 2.30. The van der Waals surface area contributed by atoms with E-state index in [0.29, 0.717) is 5.56 Å². The second-order valence-corrected chi connectivity index (χ2v) is 5.65. The van der Waals surface area contributed by atoms with E-state index in [1.165, 1.54) is 20.4 Å². The highest BCUT2D eigenvalue weighted by molar-refractivity contribution is 5.99. The van der Waals surface area contributed by atoms with Crippen LogP contribution in [0.25, 0.3) is 10.9 Å². The lowest BCUT2D eigenvalue weighted by molar-refractivity contribution is -0.146. The van der Waals surface area contributed by atoms with Crippen LogP contribution in [0.1, 0.15) is 23.7 Å². The van der Waals surface area contributed by atoms with E-state index in [1.54, 1.807) is 13.0 Å². The van der Waals surface area contributed by atoms with Crippen molar-refractivity contribution in [1.82, 2.24) is 10.3 Å². The Balaban J connectivity index is 2.19. The Morgan fingerprint density at radius 3 is 2.56 bits per heavy atom. The minimum atomic E-state index is -0.969. The van der Waals surface area contributed by atoms with Gasteiger partial charge in [0.1, 0.15) is 6.04 Å². The molecule has 1 aromatic carbocycles. The van der Waals surface area contributed by atoms with Crippen molar-refractivity contribution in [2.75, 3.05) is 14.2 Å². The summed E-state index contributed by atoms with van der Waals surface area (Å²) in [6.45, 7) is 1.66. The van der Waals surface area contributed by atoms with Gasteiger partial charge in [-0.05, 0) is 18.1 Å². The molecule has 7 nitrogen and oxygen atoms in total. The summed E-state index contributed by atoms with van der Waals surface area (Å²) in [7, 11) is 2.49. The fraction of sp³-hybridized carbons (Fsp3) is 0.333. The average Bonchev–Trinajstić information content (AvgIpc) is 2.64. The van der Waals surface area contributed by atoms with Gasteiger partial charge in [-0.1, -0.05) is 25.1 Å². The van der Waals surface area contributed by atoms with Crippen LogP contribution >= 0.6 is 0 Å². The largest absolute Gasteiger partial charge is 0.469 e. The Bertz CT molecular complexity index is 790. The Hall–Kier alpha value is -2.96. The SMILES string of the molecule is COC(=O)C[C@H](C)[C@H](NC(=O)c1cnc2ccccc2c1)C(=O)OC. The maximum atomic E-state index is 12.5. The Labute approximate surface area is 145 Å². The maximum Gasteiger partial charge on any atom is 0.328 e. The number of carbonyl (C=O) groups excluding carboxylic acids is 3. The fourth-order valence-electron chi connectivity index (χ4n) is 2.44. The molecule has 2 aromatic rings. The highest BCUT2D eigenvalue weighted by Crippen LogP contribution is 2.15. The van der Waals surface area contributed by atoms with Gasteiger partial charge in [0.25, 0.3) is 5.91 Å². The van der Waals surface area contributed by atoms with E-state index in [9.17, 15) is 14.4 Å². The number of nitrogens with zero attached hydrogens (tertiary/aromatic N) is 1. The topological polar surface area (TPSA) is 94.6 Å². The number of esters is 2. The second-order valence-electron chi connectivity index (χ2n) is 5.65. The lowest BCUT2D eigenvalue weighted by Crippen LogP contribution is -2.46. The number of fused-ring (bicyclic) bond motifs is 1. The third-order valence-electron chi connectivity index (χ3n) is 3.88. The first kappa shape index (κ1) is 18.4. The van der Waals surface area contributed by atoms with E-state index in [1.807, 2.05) is 24.3 Å². The van der Waals surface area contributed by atoms with Gasteiger partial charge in [0.15, 0.2) is 0 Å². The molecule has 0 aliphatic carbocycles. The van der Waals surface area contributed by atoms with E-state index in [2.05, 4.69) is 15.0 Å². The number of para-hydroxylation sites is 1. The minimum Gasteiger partial charge on any atom is -0.469 e. The minimum absolute atomic E-state index is 0.0213. The zero-order valence-corrected chi connectivity index (χ0v) is 14.3. The van der Waals surface area contributed by atoms with Gasteiger partial charge in [-0.15, -0.1) is 0 Å². The fourth-order valence-corrected chi connectivity index (χ4v) is 2.44. The van der Waals surface area contributed by atoms with Crippen LogP contribution in [0.15, 0.2) is 36.5 Å². The van der Waals surface area contributed by atoms with E-state index in [0.717, 1.165) is 10.9 Å². The Morgan fingerprint density at radius 1 is 1.16 bits per heavy atom. The summed E-state index contributed by atoms with van der Waals surface area (Å²) in [6.07, 6.45) is 1.42. The van der Waals surface area contributed by atoms with Gasteiger partial charge in [-0.25, -0.2) is 4.79 Å². The molecule has 0 aliphatic rings. The zero-order chi connectivity index (χ0) is 18.4. The summed E-state index contributed by atoms with van der Waals surface area (Å²) < 4.78 is 9.34. The number of hydrogen-bond donors (Lipinski definition) is 1. The molecular weight excluding hydrogens is 324 g/mol.